The van der Waals surface area contributed by atoms with Crippen LogP contribution in [0.4, 0.5) is 9.59 Å². The van der Waals surface area contributed by atoms with Gasteiger partial charge in [-0.1, -0.05) is 13.0 Å². The van der Waals surface area contributed by atoms with Gasteiger partial charge in [0, 0.05) is 0 Å². The van der Waals surface area contributed by atoms with E-state index in [1.54, 1.807) is 0 Å². The maximum atomic E-state index is 11.8. The van der Waals surface area contributed by atoms with Crippen LogP contribution in [0.5, 0.6) is 0 Å². The van der Waals surface area contributed by atoms with E-state index in [4.69, 9.17) is 14.2 Å². The first kappa shape index (κ1) is 18.6. The summed E-state index contributed by atoms with van der Waals surface area (Å²) in [5.74, 6) is 1.27. The molecule has 6 nitrogen and oxygen atoms in total. The fourth-order valence-corrected chi connectivity index (χ4v) is 3.18. The smallest absolute Gasteiger partial charge is 0.438 e. The Kier molecular flexibility index (Phi) is 7.40. The van der Waals surface area contributed by atoms with E-state index < -0.39 is 12.3 Å². The third-order valence-corrected chi connectivity index (χ3v) is 4.82. The molecule has 0 heterocycles. The minimum Gasteiger partial charge on any atom is -0.438 e. The second-order valence-corrected chi connectivity index (χ2v) is 6.81. The maximum Gasteiger partial charge on any atom is 0.508 e. The van der Waals surface area contributed by atoms with E-state index in [0.29, 0.717) is 31.0 Å². The van der Waals surface area contributed by atoms with Crippen LogP contribution in [0, 0.1) is 17.8 Å². The molecule has 0 aromatic rings. The Labute approximate surface area is 143 Å². The van der Waals surface area contributed by atoms with E-state index in [1.807, 2.05) is 6.08 Å². The average Bonchev–Trinajstić information content (AvgIpc) is 2.60. The fraction of sp³-hybridized carbons (Fsp3) is 0.778. The minimum absolute atomic E-state index is 0.153. The van der Waals surface area contributed by atoms with Crippen LogP contribution in [-0.2, 0) is 18.9 Å². The summed E-state index contributed by atoms with van der Waals surface area (Å²) in [7, 11) is 1.30. The summed E-state index contributed by atoms with van der Waals surface area (Å²) in [5.41, 5.74) is 0. The quantitative estimate of drug-likeness (QED) is 0.554. The number of allylic oxidation sites excluding steroid dienone is 1. The highest BCUT2D eigenvalue weighted by atomic mass is 16.7. The Morgan fingerprint density at radius 2 is 1.46 bits per heavy atom. The molecule has 0 aromatic carbocycles. The van der Waals surface area contributed by atoms with Crippen molar-refractivity contribution in [1.82, 2.24) is 0 Å². The molecule has 0 saturated heterocycles. The van der Waals surface area contributed by atoms with Crippen LogP contribution in [0.15, 0.2) is 12.2 Å². The van der Waals surface area contributed by atoms with Crippen LogP contribution in [0.1, 0.15) is 45.4 Å². The Bertz CT molecular complexity index is 439. The van der Waals surface area contributed by atoms with Gasteiger partial charge >= 0.3 is 12.3 Å². The zero-order valence-corrected chi connectivity index (χ0v) is 14.6. The van der Waals surface area contributed by atoms with Gasteiger partial charge in [0.1, 0.15) is 6.10 Å². The van der Waals surface area contributed by atoms with Crippen LogP contribution in [0.2, 0.25) is 0 Å². The predicted molar refractivity (Wildman–Crippen MR) is 87.6 cm³/mol. The van der Waals surface area contributed by atoms with E-state index in [2.05, 4.69) is 17.7 Å². The van der Waals surface area contributed by atoms with Crippen molar-refractivity contribution in [2.45, 2.75) is 51.6 Å². The molecule has 2 atom stereocenters. The van der Waals surface area contributed by atoms with Crippen molar-refractivity contribution >= 4 is 12.3 Å². The van der Waals surface area contributed by atoms with Gasteiger partial charge in [0.15, 0.2) is 0 Å². The molecule has 1 fully saturated rings. The lowest BCUT2D eigenvalue weighted by Gasteiger charge is -2.27. The lowest BCUT2D eigenvalue weighted by atomic mass is 9.83. The van der Waals surface area contributed by atoms with E-state index >= 15 is 0 Å². The third kappa shape index (κ3) is 6.42. The maximum absolute atomic E-state index is 11.8. The lowest BCUT2D eigenvalue weighted by Crippen LogP contribution is -2.25. The highest BCUT2D eigenvalue weighted by molar-refractivity contribution is 5.60. The Morgan fingerprint density at radius 1 is 0.875 bits per heavy atom. The molecule has 2 aliphatic rings. The average molecular weight is 340 g/mol. The van der Waals surface area contributed by atoms with Crippen molar-refractivity contribution in [3.05, 3.63) is 12.2 Å². The second-order valence-electron chi connectivity index (χ2n) is 6.81. The zero-order valence-electron chi connectivity index (χ0n) is 14.6. The SMILES string of the molecule is COC(=O)OCC1CCC(COC(=O)OC2C=CC(C)CC2)CC1. The Morgan fingerprint density at radius 3 is 1.96 bits per heavy atom. The van der Waals surface area contributed by atoms with Crippen LogP contribution >= 0.6 is 0 Å². The van der Waals surface area contributed by atoms with Gasteiger partial charge < -0.3 is 18.9 Å². The van der Waals surface area contributed by atoms with Gasteiger partial charge in [-0.25, -0.2) is 9.59 Å². The number of carbonyl (C=O) groups is 2. The number of hydrogen-bond donors (Lipinski definition) is 0. The number of ether oxygens (including phenoxy) is 4. The summed E-state index contributed by atoms with van der Waals surface area (Å²) in [6.45, 7) is 2.95. The van der Waals surface area contributed by atoms with Gasteiger partial charge in [-0.15, -0.1) is 0 Å². The molecule has 2 aliphatic carbocycles. The van der Waals surface area contributed by atoms with E-state index in [0.717, 1.165) is 38.5 Å². The van der Waals surface area contributed by atoms with Crippen molar-refractivity contribution in [2.75, 3.05) is 20.3 Å². The molecule has 0 radical (unpaired) electrons. The summed E-state index contributed by atoms with van der Waals surface area (Å²) in [6.07, 6.45) is 8.41. The Balaban J connectivity index is 1.58. The van der Waals surface area contributed by atoms with Gasteiger partial charge in [-0.2, -0.15) is 0 Å². The van der Waals surface area contributed by atoms with Crippen LogP contribution in [0.3, 0.4) is 0 Å². The number of hydrogen-bond acceptors (Lipinski definition) is 6. The molecule has 0 spiro atoms. The van der Waals surface area contributed by atoms with Crippen molar-refractivity contribution in [3.63, 3.8) is 0 Å². The van der Waals surface area contributed by atoms with Gasteiger partial charge in [0.2, 0.25) is 0 Å². The fourth-order valence-electron chi connectivity index (χ4n) is 3.18. The van der Waals surface area contributed by atoms with Crippen LogP contribution in [0.25, 0.3) is 0 Å². The van der Waals surface area contributed by atoms with E-state index in [-0.39, 0.29) is 6.10 Å². The van der Waals surface area contributed by atoms with Gasteiger partial charge in [0.05, 0.1) is 20.3 Å². The van der Waals surface area contributed by atoms with Crippen molar-refractivity contribution in [1.29, 1.82) is 0 Å². The summed E-state index contributed by atoms with van der Waals surface area (Å²) in [6, 6.07) is 0. The van der Waals surface area contributed by atoms with E-state index in [9.17, 15) is 9.59 Å². The molecule has 0 bridgehead atoms. The largest absolute Gasteiger partial charge is 0.508 e. The predicted octanol–water partition coefficient (Wildman–Crippen LogP) is 4.08. The molecule has 2 unspecified atom stereocenters. The van der Waals surface area contributed by atoms with Crippen molar-refractivity contribution in [2.24, 2.45) is 17.8 Å². The second kappa shape index (κ2) is 9.55. The molecule has 2 rings (SSSR count). The molecule has 0 aromatic heterocycles. The van der Waals surface area contributed by atoms with Gasteiger partial charge in [-0.05, 0) is 62.4 Å². The number of rotatable bonds is 5. The monoisotopic (exact) mass is 340 g/mol. The van der Waals surface area contributed by atoms with Crippen molar-refractivity contribution < 1.29 is 28.5 Å². The molecule has 24 heavy (non-hydrogen) atoms. The lowest BCUT2D eigenvalue weighted by molar-refractivity contribution is 0.0142. The first-order valence-corrected chi connectivity index (χ1v) is 8.79. The van der Waals surface area contributed by atoms with E-state index in [1.165, 1.54) is 7.11 Å². The van der Waals surface area contributed by atoms with Crippen molar-refractivity contribution in [3.8, 4) is 0 Å². The standard InChI is InChI=1S/C18H28O6/c1-13-3-9-16(10-4-13)24-18(20)23-12-15-7-5-14(6-8-15)11-22-17(19)21-2/h3,9,13-16H,4-8,10-12H2,1-2H3. The zero-order chi connectivity index (χ0) is 17.4. The number of methoxy groups -OCH3 is 1. The first-order valence-electron chi connectivity index (χ1n) is 8.79. The summed E-state index contributed by atoms with van der Waals surface area (Å²) >= 11 is 0. The molecular formula is C18H28O6. The highest BCUT2D eigenvalue weighted by Crippen LogP contribution is 2.29. The topological polar surface area (TPSA) is 71.1 Å². The number of carbonyl (C=O) groups excluding carboxylic acids is 2. The molecule has 1 saturated carbocycles. The van der Waals surface area contributed by atoms with Crippen LogP contribution < -0.4 is 0 Å². The molecule has 136 valence electrons. The van der Waals surface area contributed by atoms with Gasteiger partial charge in [-0.3, -0.25) is 0 Å². The minimum atomic E-state index is -0.630. The summed E-state index contributed by atoms with van der Waals surface area (Å²) in [5, 5.41) is 0. The summed E-state index contributed by atoms with van der Waals surface area (Å²) < 4.78 is 20.0. The molecule has 0 amide bonds. The molecular weight excluding hydrogens is 312 g/mol. The Hall–Kier alpha value is -1.72. The molecule has 0 aliphatic heterocycles. The third-order valence-electron chi connectivity index (χ3n) is 4.82. The normalized spacial score (nSPS) is 29.6. The highest BCUT2D eigenvalue weighted by Gasteiger charge is 2.24. The summed E-state index contributed by atoms with van der Waals surface area (Å²) in [4.78, 5) is 22.7. The van der Waals surface area contributed by atoms with Gasteiger partial charge in [0.25, 0.3) is 0 Å². The first-order chi connectivity index (χ1) is 11.6. The molecule has 0 N–H and O–H groups in total. The van der Waals surface area contributed by atoms with Crippen LogP contribution in [-0.4, -0.2) is 38.7 Å². The molecule has 6 heteroatoms.